The number of hydrogen-bond donors (Lipinski definition) is 0. The largest absolute Gasteiger partial charge is 0.497 e. The lowest BCUT2D eigenvalue weighted by Gasteiger charge is -2.29. The van der Waals surface area contributed by atoms with E-state index in [4.69, 9.17) is 9.47 Å². The van der Waals surface area contributed by atoms with Gasteiger partial charge in [0, 0.05) is 31.1 Å². The summed E-state index contributed by atoms with van der Waals surface area (Å²) in [4.78, 5) is 29.1. The van der Waals surface area contributed by atoms with Gasteiger partial charge in [-0.1, -0.05) is 0 Å². The van der Waals surface area contributed by atoms with E-state index in [0.29, 0.717) is 29.8 Å². The molecule has 6 nitrogen and oxygen atoms in total. The number of methoxy groups -OCH3 is 2. The van der Waals surface area contributed by atoms with Crippen LogP contribution in [0.15, 0.2) is 18.2 Å². The average molecular weight is 346 g/mol. The highest BCUT2D eigenvalue weighted by atomic mass is 16.5. The summed E-state index contributed by atoms with van der Waals surface area (Å²) in [5.41, 5.74) is 0.686. The first kappa shape index (κ1) is 17.6. The van der Waals surface area contributed by atoms with E-state index in [1.807, 2.05) is 24.8 Å². The highest BCUT2D eigenvalue weighted by molar-refractivity contribution is 6.01. The third-order valence-corrected chi connectivity index (χ3v) is 4.90. The van der Waals surface area contributed by atoms with Crippen molar-refractivity contribution in [1.29, 1.82) is 0 Å². The van der Waals surface area contributed by atoms with Crippen LogP contribution in [0.3, 0.4) is 0 Å². The van der Waals surface area contributed by atoms with Gasteiger partial charge in [-0.3, -0.25) is 9.59 Å². The highest BCUT2D eigenvalue weighted by Gasteiger charge is 2.42. The molecule has 25 heavy (non-hydrogen) atoms. The third kappa shape index (κ3) is 3.43. The molecule has 1 aromatic rings. The molecule has 0 spiro atoms. The summed E-state index contributed by atoms with van der Waals surface area (Å²) in [6.45, 7) is 4.48. The molecule has 1 saturated carbocycles. The van der Waals surface area contributed by atoms with Gasteiger partial charge >= 0.3 is 0 Å². The summed E-state index contributed by atoms with van der Waals surface area (Å²) in [6.07, 6.45) is 2.39. The molecule has 1 aliphatic carbocycles. The molecule has 1 aliphatic heterocycles. The molecule has 1 saturated heterocycles. The Kier molecular flexibility index (Phi) is 4.88. The van der Waals surface area contributed by atoms with Crippen LogP contribution in [0, 0.1) is 5.92 Å². The number of amides is 2. The predicted octanol–water partition coefficient (Wildman–Crippen LogP) is 2.46. The van der Waals surface area contributed by atoms with Gasteiger partial charge in [0.2, 0.25) is 11.8 Å². The molecule has 0 bridgehead atoms. The van der Waals surface area contributed by atoms with Crippen molar-refractivity contribution in [3.8, 4) is 11.5 Å². The Balaban J connectivity index is 1.79. The first-order valence-electron chi connectivity index (χ1n) is 8.80. The maximum Gasteiger partial charge on any atom is 0.228 e. The maximum absolute atomic E-state index is 12.9. The molecular weight excluding hydrogens is 320 g/mol. The van der Waals surface area contributed by atoms with Crippen LogP contribution in [-0.2, 0) is 9.59 Å². The van der Waals surface area contributed by atoms with E-state index in [1.54, 1.807) is 31.3 Å². The Bertz CT molecular complexity index is 667. The number of ether oxygens (including phenoxy) is 2. The first-order valence-corrected chi connectivity index (χ1v) is 8.80. The van der Waals surface area contributed by atoms with Gasteiger partial charge in [-0.05, 0) is 38.8 Å². The van der Waals surface area contributed by atoms with Crippen molar-refractivity contribution in [3.05, 3.63) is 18.2 Å². The number of carbonyl (C=O) groups is 2. The van der Waals surface area contributed by atoms with Gasteiger partial charge in [-0.25, -0.2) is 0 Å². The fourth-order valence-corrected chi connectivity index (χ4v) is 3.53. The molecular formula is C19H26N2O4. The number of benzene rings is 1. The van der Waals surface area contributed by atoms with Crippen LogP contribution < -0.4 is 14.4 Å². The van der Waals surface area contributed by atoms with Crippen LogP contribution in [0.1, 0.15) is 33.1 Å². The number of rotatable bonds is 6. The molecule has 2 amide bonds. The second-order valence-electron chi connectivity index (χ2n) is 7.01. The number of carbonyl (C=O) groups excluding carboxylic acids is 2. The Morgan fingerprint density at radius 2 is 1.96 bits per heavy atom. The fourth-order valence-electron chi connectivity index (χ4n) is 3.53. The van der Waals surface area contributed by atoms with Gasteiger partial charge in [0.1, 0.15) is 11.5 Å². The monoisotopic (exact) mass is 346 g/mol. The van der Waals surface area contributed by atoms with E-state index in [0.717, 1.165) is 12.8 Å². The van der Waals surface area contributed by atoms with Crippen molar-refractivity contribution in [2.45, 2.75) is 45.2 Å². The molecule has 0 radical (unpaired) electrons. The molecule has 0 aromatic heterocycles. The Labute approximate surface area is 148 Å². The van der Waals surface area contributed by atoms with E-state index in [9.17, 15) is 9.59 Å². The van der Waals surface area contributed by atoms with E-state index in [-0.39, 0.29) is 30.2 Å². The van der Waals surface area contributed by atoms with E-state index >= 15 is 0 Å². The minimum atomic E-state index is -0.290. The predicted molar refractivity (Wildman–Crippen MR) is 95.0 cm³/mol. The van der Waals surface area contributed by atoms with E-state index in [2.05, 4.69) is 0 Å². The van der Waals surface area contributed by atoms with E-state index in [1.165, 1.54) is 0 Å². The summed E-state index contributed by atoms with van der Waals surface area (Å²) >= 11 is 0. The van der Waals surface area contributed by atoms with Gasteiger partial charge in [-0.15, -0.1) is 0 Å². The van der Waals surface area contributed by atoms with Gasteiger partial charge < -0.3 is 19.3 Å². The minimum Gasteiger partial charge on any atom is -0.497 e. The zero-order chi connectivity index (χ0) is 18.1. The Morgan fingerprint density at radius 3 is 2.52 bits per heavy atom. The molecule has 136 valence electrons. The molecule has 6 heteroatoms. The minimum absolute atomic E-state index is 0.0404. The van der Waals surface area contributed by atoms with Crippen molar-refractivity contribution in [3.63, 3.8) is 0 Å². The van der Waals surface area contributed by atoms with Crippen LogP contribution >= 0.6 is 0 Å². The highest BCUT2D eigenvalue weighted by Crippen LogP contribution is 2.37. The van der Waals surface area contributed by atoms with Crippen molar-refractivity contribution >= 4 is 17.5 Å². The van der Waals surface area contributed by atoms with Crippen LogP contribution in [0.4, 0.5) is 5.69 Å². The fraction of sp³-hybridized carbons (Fsp3) is 0.579. The summed E-state index contributed by atoms with van der Waals surface area (Å²) in [6, 6.07) is 5.88. The summed E-state index contributed by atoms with van der Waals surface area (Å²) in [5.74, 6) is 1.01. The molecule has 3 rings (SSSR count). The Morgan fingerprint density at radius 1 is 1.24 bits per heavy atom. The smallest absolute Gasteiger partial charge is 0.228 e. The quantitative estimate of drug-likeness (QED) is 0.794. The molecule has 2 aliphatic rings. The second kappa shape index (κ2) is 6.94. The van der Waals surface area contributed by atoms with Crippen LogP contribution in [0.25, 0.3) is 0 Å². The lowest BCUT2D eigenvalue weighted by atomic mass is 10.1. The number of hydrogen-bond acceptors (Lipinski definition) is 4. The van der Waals surface area contributed by atoms with Crippen LogP contribution in [-0.4, -0.2) is 49.6 Å². The molecule has 1 unspecified atom stereocenters. The Hall–Kier alpha value is -2.24. The number of anilines is 1. The molecule has 1 atom stereocenters. The van der Waals surface area contributed by atoms with Gasteiger partial charge in [0.05, 0.1) is 25.8 Å². The second-order valence-corrected chi connectivity index (χ2v) is 7.01. The van der Waals surface area contributed by atoms with Crippen LogP contribution in [0.2, 0.25) is 0 Å². The third-order valence-electron chi connectivity index (χ3n) is 4.90. The van der Waals surface area contributed by atoms with Crippen molar-refractivity contribution in [2.24, 2.45) is 5.92 Å². The zero-order valence-electron chi connectivity index (χ0n) is 15.3. The average Bonchev–Trinajstić information content (AvgIpc) is 3.35. The summed E-state index contributed by atoms with van der Waals surface area (Å²) < 4.78 is 10.6. The van der Waals surface area contributed by atoms with Crippen molar-refractivity contribution in [1.82, 2.24) is 4.90 Å². The summed E-state index contributed by atoms with van der Waals surface area (Å²) in [7, 11) is 3.15. The first-order chi connectivity index (χ1) is 12.0. The molecule has 1 heterocycles. The number of nitrogens with zero attached hydrogens (tertiary/aromatic N) is 2. The SMILES string of the molecule is COc1ccc(N2CC(C(=O)N(C(C)C)C3CC3)CC2=O)c(OC)c1. The molecule has 2 fully saturated rings. The van der Waals surface area contributed by atoms with Gasteiger partial charge in [-0.2, -0.15) is 0 Å². The summed E-state index contributed by atoms with van der Waals surface area (Å²) in [5, 5.41) is 0. The van der Waals surface area contributed by atoms with E-state index < -0.39 is 0 Å². The molecule has 0 N–H and O–H groups in total. The van der Waals surface area contributed by atoms with Crippen LogP contribution in [0.5, 0.6) is 11.5 Å². The normalized spacial score (nSPS) is 20.1. The van der Waals surface area contributed by atoms with Crippen molar-refractivity contribution in [2.75, 3.05) is 25.7 Å². The lowest BCUT2D eigenvalue weighted by molar-refractivity contribution is -0.138. The van der Waals surface area contributed by atoms with Crippen molar-refractivity contribution < 1.29 is 19.1 Å². The van der Waals surface area contributed by atoms with Gasteiger partial charge in [0.25, 0.3) is 0 Å². The van der Waals surface area contributed by atoms with Gasteiger partial charge in [0.15, 0.2) is 0 Å². The lowest BCUT2D eigenvalue weighted by Crippen LogP contribution is -2.43. The molecule has 1 aromatic carbocycles. The standard InChI is InChI=1S/C19H26N2O4/c1-12(2)21(14-5-6-14)19(23)13-9-18(22)20(11-13)16-8-7-15(24-3)10-17(16)25-4/h7-8,10,12-14H,5-6,9,11H2,1-4H3. The zero-order valence-corrected chi connectivity index (χ0v) is 15.3. The topological polar surface area (TPSA) is 59.1 Å². The maximum atomic E-state index is 12.9.